The molecule has 3 N–H and O–H groups in total. The summed E-state index contributed by atoms with van der Waals surface area (Å²) < 4.78 is 17.2. The van der Waals surface area contributed by atoms with E-state index in [2.05, 4.69) is 49.9 Å². The number of halogens is 1. The van der Waals surface area contributed by atoms with Gasteiger partial charge in [-0.25, -0.2) is 14.5 Å². The molecule has 2 amide bonds. The highest BCUT2D eigenvalue weighted by Gasteiger charge is 2.26. The molecule has 0 saturated carbocycles. The van der Waals surface area contributed by atoms with Crippen molar-refractivity contribution < 1.29 is 14.0 Å². The van der Waals surface area contributed by atoms with Crippen LogP contribution >= 0.6 is 0 Å². The molecule has 8 rings (SSSR count). The van der Waals surface area contributed by atoms with Gasteiger partial charge in [0.2, 0.25) is 0 Å². The molecule has 13 heteroatoms. The third-order valence-corrected chi connectivity index (χ3v) is 10.9. The summed E-state index contributed by atoms with van der Waals surface area (Å²) in [5.74, 6) is -0.517. The normalized spacial score (nSPS) is 13.1. The number of piperazine rings is 1. The second kappa shape index (κ2) is 15.6. The van der Waals surface area contributed by atoms with E-state index in [0.717, 1.165) is 39.1 Å². The van der Waals surface area contributed by atoms with Gasteiger partial charge in [-0.2, -0.15) is 5.10 Å². The van der Waals surface area contributed by atoms with Gasteiger partial charge in [0.05, 0.1) is 16.6 Å². The first-order valence-electron chi connectivity index (χ1n) is 19.3. The van der Waals surface area contributed by atoms with Crippen LogP contribution < -0.4 is 21.3 Å². The number of nitrogens with one attached hydrogen (secondary N) is 3. The third kappa shape index (κ3) is 7.38. The second-order valence-corrected chi connectivity index (χ2v) is 15.1. The Morgan fingerprint density at radius 3 is 2.34 bits per heavy atom. The smallest absolute Gasteiger partial charge is 0.272 e. The Balaban J connectivity index is 0.967. The van der Waals surface area contributed by atoms with Gasteiger partial charge in [0.1, 0.15) is 11.6 Å². The molecule has 1 aliphatic rings. The van der Waals surface area contributed by atoms with E-state index in [1.807, 2.05) is 62.5 Å². The van der Waals surface area contributed by atoms with Crippen LogP contribution in [0.2, 0.25) is 0 Å². The fourth-order valence-electron chi connectivity index (χ4n) is 7.83. The molecule has 3 aromatic carbocycles. The molecule has 1 saturated heterocycles. The van der Waals surface area contributed by atoms with E-state index in [-0.39, 0.29) is 41.1 Å². The number of H-pyrrole nitrogens is 2. The molecule has 7 aromatic rings. The SMILES string of the molecule is Cc1cc(C)c(CNC(=O)c2cc(-c3ccc(N4CCN(C(=O)c5cc(Cc6n[nH]c(=O)c7ccccc67)ccc5F)CC4)nc3)cc3c2ccn3C(C)C)c(=O)[nH]1. The zero-order chi connectivity index (χ0) is 40.7. The van der Waals surface area contributed by atoms with Crippen LogP contribution in [0.1, 0.15) is 68.7 Å². The molecular formula is C45H43FN8O4. The molecule has 1 aliphatic heterocycles. The van der Waals surface area contributed by atoms with E-state index in [9.17, 15) is 19.2 Å². The van der Waals surface area contributed by atoms with Gasteiger partial charge in [0, 0.05) is 96.3 Å². The summed E-state index contributed by atoms with van der Waals surface area (Å²) in [6, 6.07) is 23.5. The van der Waals surface area contributed by atoms with Gasteiger partial charge in [-0.3, -0.25) is 19.2 Å². The lowest BCUT2D eigenvalue weighted by molar-refractivity contribution is 0.0741. The average molecular weight is 779 g/mol. The highest BCUT2D eigenvalue weighted by Crippen LogP contribution is 2.31. The van der Waals surface area contributed by atoms with Gasteiger partial charge in [-0.15, -0.1) is 0 Å². The predicted molar refractivity (Wildman–Crippen MR) is 223 cm³/mol. The number of benzene rings is 3. The number of rotatable bonds is 9. The van der Waals surface area contributed by atoms with Gasteiger partial charge in [0.15, 0.2) is 0 Å². The van der Waals surface area contributed by atoms with Gasteiger partial charge in [-0.1, -0.05) is 24.3 Å². The summed E-state index contributed by atoms with van der Waals surface area (Å²) in [6.45, 7) is 9.75. The van der Waals surface area contributed by atoms with Crippen molar-refractivity contribution in [3.63, 3.8) is 0 Å². The van der Waals surface area contributed by atoms with Crippen LogP contribution in [0.5, 0.6) is 0 Å². The fourth-order valence-corrected chi connectivity index (χ4v) is 7.83. The molecule has 0 bridgehead atoms. The summed E-state index contributed by atoms with van der Waals surface area (Å²) in [4.78, 5) is 63.6. The molecule has 58 heavy (non-hydrogen) atoms. The summed E-state index contributed by atoms with van der Waals surface area (Å²) in [6.07, 6.45) is 4.08. The van der Waals surface area contributed by atoms with Crippen molar-refractivity contribution in [2.75, 3.05) is 31.1 Å². The van der Waals surface area contributed by atoms with Crippen LogP contribution in [0.4, 0.5) is 10.2 Å². The Morgan fingerprint density at radius 1 is 0.845 bits per heavy atom. The fraction of sp³-hybridized carbons (Fsp3) is 0.244. The van der Waals surface area contributed by atoms with Gasteiger partial charge >= 0.3 is 0 Å². The van der Waals surface area contributed by atoms with E-state index in [4.69, 9.17) is 4.98 Å². The van der Waals surface area contributed by atoms with Crippen molar-refractivity contribution in [1.82, 2.24) is 34.9 Å². The number of anilines is 1. The first kappa shape index (κ1) is 38.0. The van der Waals surface area contributed by atoms with Crippen molar-refractivity contribution in [3.05, 3.63) is 157 Å². The third-order valence-electron chi connectivity index (χ3n) is 10.9. The number of hydrogen-bond acceptors (Lipinski definition) is 7. The molecular weight excluding hydrogens is 736 g/mol. The molecule has 0 spiro atoms. The van der Waals surface area contributed by atoms with Gasteiger partial charge < -0.3 is 24.7 Å². The number of carbonyl (C=O) groups excluding carboxylic acids is 2. The molecule has 4 aromatic heterocycles. The maximum Gasteiger partial charge on any atom is 0.272 e. The lowest BCUT2D eigenvalue weighted by Crippen LogP contribution is -2.49. The number of aromatic amines is 2. The quantitative estimate of drug-likeness (QED) is 0.153. The topological polar surface area (TPSA) is 149 Å². The zero-order valence-electron chi connectivity index (χ0n) is 32.7. The Hall–Kier alpha value is -6.89. The van der Waals surface area contributed by atoms with E-state index in [1.165, 1.54) is 6.07 Å². The largest absolute Gasteiger partial charge is 0.353 e. The average Bonchev–Trinajstić information content (AvgIpc) is 3.66. The van der Waals surface area contributed by atoms with Crippen LogP contribution in [-0.2, 0) is 13.0 Å². The predicted octanol–water partition coefficient (Wildman–Crippen LogP) is 6.45. The maximum atomic E-state index is 15.1. The number of amides is 2. The van der Waals surface area contributed by atoms with Crippen molar-refractivity contribution in [2.24, 2.45) is 0 Å². The summed E-state index contributed by atoms with van der Waals surface area (Å²) in [7, 11) is 0. The van der Waals surface area contributed by atoms with Gasteiger partial charge in [-0.05, 0) is 99.0 Å². The Labute approximate surface area is 333 Å². The van der Waals surface area contributed by atoms with E-state index in [1.54, 1.807) is 35.4 Å². The number of hydrogen-bond donors (Lipinski definition) is 3. The van der Waals surface area contributed by atoms with Crippen molar-refractivity contribution in [3.8, 4) is 11.1 Å². The van der Waals surface area contributed by atoms with E-state index < -0.39 is 5.82 Å². The Morgan fingerprint density at radius 2 is 1.62 bits per heavy atom. The molecule has 12 nitrogen and oxygen atoms in total. The zero-order valence-corrected chi connectivity index (χ0v) is 32.7. The Bertz CT molecular complexity index is 2830. The van der Waals surface area contributed by atoms with Crippen LogP contribution in [0.15, 0.2) is 101 Å². The minimum atomic E-state index is -0.594. The second-order valence-electron chi connectivity index (χ2n) is 15.1. The molecule has 294 valence electrons. The van der Waals surface area contributed by atoms with Crippen LogP contribution in [0, 0.1) is 19.7 Å². The summed E-state index contributed by atoms with van der Waals surface area (Å²) in [5, 5.41) is 11.8. The standard InChI is InChI=1S/C45H43FN8O4/c1-26(2)54-14-13-33-35(42(55)48-25-37-27(3)19-28(4)49-43(37)56)22-31(23-40(33)54)30-10-12-41(47-24-30)52-15-17-53(18-16-52)45(58)36-20-29(9-11-38(36)46)21-39-32-7-5-6-8-34(32)44(57)51-50-39/h5-14,19-20,22-24,26H,15-18,21,25H2,1-4H3,(H,48,55)(H,49,56)(H,51,57). The van der Waals surface area contributed by atoms with Crippen LogP contribution in [0.3, 0.4) is 0 Å². The maximum absolute atomic E-state index is 15.1. The molecule has 0 unspecified atom stereocenters. The monoisotopic (exact) mass is 778 g/mol. The number of pyridine rings is 2. The van der Waals surface area contributed by atoms with Crippen LogP contribution in [0.25, 0.3) is 32.8 Å². The molecule has 0 radical (unpaired) electrons. The van der Waals surface area contributed by atoms with Crippen molar-refractivity contribution in [1.29, 1.82) is 0 Å². The summed E-state index contributed by atoms with van der Waals surface area (Å²) >= 11 is 0. The van der Waals surface area contributed by atoms with Crippen molar-refractivity contribution in [2.45, 2.75) is 46.7 Å². The Kier molecular flexibility index (Phi) is 10.2. The van der Waals surface area contributed by atoms with Gasteiger partial charge in [0.25, 0.3) is 22.9 Å². The molecule has 5 heterocycles. The number of carbonyl (C=O) groups is 2. The number of aryl methyl sites for hydroxylation is 2. The molecule has 1 fully saturated rings. The minimum Gasteiger partial charge on any atom is -0.353 e. The van der Waals surface area contributed by atoms with Crippen molar-refractivity contribution >= 4 is 39.3 Å². The number of nitrogens with zero attached hydrogens (tertiary/aromatic N) is 5. The van der Waals surface area contributed by atoms with E-state index >= 15 is 4.39 Å². The summed E-state index contributed by atoms with van der Waals surface area (Å²) in [5.41, 5.74) is 6.00. The first-order valence-corrected chi connectivity index (χ1v) is 19.3. The van der Waals surface area contributed by atoms with Crippen LogP contribution in [-0.4, -0.2) is 67.6 Å². The molecule has 0 atom stereocenters. The number of fused-ring (bicyclic) bond motifs is 2. The lowest BCUT2D eigenvalue weighted by atomic mass is 10.00. The highest BCUT2D eigenvalue weighted by molar-refractivity contribution is 6.08. The highest BCUT2D eigenvalue weighted by atomic mass is 19.1. The van der Waals surface area contributed by atoms with E-state index in [0.29, 0.717) is 65.8 Å². The minimum absolute atomic E-state index is 0.00490. The lowest BCUT2D eigenvalue weighted by Gasteiger charge is -2.35. The first-order chi connectivity index (χ1) is 27.9. The number of aromatic nitrogens is 5. The molecule has 0 aliphatic carbocycles.